The van der Waals surface area contributed by atoms with Gasteiger partial charge in [-0.3, -0.25) is 18.9 Å². The number of ether oxygens (including phenoxy) is 2. The molecule has 5 atom stereocenters. The SMILES string of the molecule is Nc1nc2c(ncn2[C@@H]2O[C@@]3(COP(=O)([O-])O)CO[C@H]2C3O)c(=O)[nH]1. The molecular weight excluding hydrogens is 361 g/mol. The van der Waals surface area contributed by atoms with Crippen molar-refractivity contribution in [1.82, 2.24) is 19.5 Å². The third-order valence-corrected chi connectivity index (χ3v) is 4.66. The smallest absolute Gasteiger partial charge is 0.280 e. The highest BCUT2D eigenvalue weighted by atomic mass is 31.2. The predicted octanol–water partition coefficient (Wildman–Crippen LogP) is -2.79. The molecule has 0 radical (unpaired) electrons. The number of phosphoric acid groups is 1. The summed E-state index contributed by atoms with van der Waals surface area (Å²) in [6, 6.07) is 0. The predicted molar refractivity (Wildman–Crippen MR) is 76.9 cm³/mol. The standard InChI is InChI=1S/C11H14N5O8P/c12-10-14-7-4(8(18)15-10)13-3-16(7)9-5-6(17)11(24-9,1-22-5)2-23-25(19,20)21/h3,5-6,9,17H,1-2H2,(H2,19,20,21)(H3,12,14,15,18)/p-1/t5-,6?,9+,11+/m0/s1. The fourth-order valence-electron chi connectivity index (χ4n) is 3.06. The first-order chi connectivity index (χ1) is 11.7. The highest BCUT2D eigenvalue weighted by Gasteiger charge is 2.62. The minimum Gasteiger partial charge on any atom is -0.756 e. The number of nitrogens with zero attached hydrogens (tertiary/aromatic N) is 3. The Morgan fingerprint density at radius 1 is 1.64 bits per heavy atom. The second-order valence-electron chi connectivity index (χ2n) is 5.81. The Bertz CT molecular complexity index is 938. The number of anilines is 1. The van der Waals surface area contributed by atoms with Gasteiger partial charge in [0.2, 0.25) is 5.95 Å². The zero-order chi connectivity index (χ0) is 18.0. The van der Waals surface area contributed by atoms with Crippen LogP contribution in [0.2, 0.25) is 0 Å². The Kier molecular flexibility index (Phi) is 3.53. The maximum Gasteiger partial charge on any atom is 0.280 e. The van der Waals surface area contributed by atoms with Gasteiger partial charge >= 0.3 is 0 Å². The average Bonchev–Trinajstić information content (AvgIpc) is 3.15. The number of aromatic amines is 1. The van der Waals surface area contributed by atoms with Crippen molar-refractivity contribution in [2.75, 3.05) is 18.9 Å². The van der Waals surface area contributed by atoms with Gasteiger partial charge in [0.1, 0.15) is 17.8 Å². The monoisotopic (exact) mass is 374 g/mol. The molecule has 136 valence electrons. The molecule has 2 aliphatic rings. The molecule has 4 rings (SSSR count). The number of nitrogens with one attached hydrogen (secondary N) is 1. The van der Waals surface area contributed by atoms with Crippen LogP contribution in [0.1, 0.15) is 6.23 Å². The number of imidazole rings is 1. The molecule has 14 heteroatoms. The number of phosphoric ester groups is 1. The number of hydrogen-bond donors (Lipinski definition) is 4. The van der Waals surface area contributed by atoms with Crippen LogP contribution in [0.5, 0.6) is 0 Å². The number of H-pyrrole nitrogens is 1. The third kappa shape index (κ3) is 2.57. The summed E-state index contributed by atoms with van der Waals surface area (Å²) in [5, 5.41) is 10.4. The average molecular weight is 374 g/mol. The molecule has 0 aliphatic carbocycles. The van der Waals surface area contributed by atoms with Crippen molar-refractivity contribution < 1.29 is 33.5 Å². The summed E-state index contributed by atoms with van der Waals surface area (Å²) in [5.41, 5.74) is 3.62. The molecule has 25 heavy (non-hydrogen) atoms. The molecule has 2 aromatic rings. The van der Waals surface area contributed by atoms with Gasteiger partial charge in [0, 0.05) is 0 Å². The van der Waals surface area contributed by atoms with E-state index in [-0.39, 0.29) is 23.7 Å². The summed E-state index contributed by atoms with van der Waals surface area (Å²) in [5.74, 6) is -0.130. The van der Waals surface area contributed by atoms with E-state index < -0.39 is 44.0 Å². The van der Waals surface area contributed by atoms with E-state index in [0.717, 1.165) is 0 Å². The highest BCUT2D eigenvalue weighted by molar-refractivity contribution is 7.44. The Labute approximate surface area is 138 Å². The van der Waals surface area contributed by atoms with E-state index in [9.17, 15) is 19.4 Å². The molecule has 2 bridgehead atoms. The van der Waals surface area contributed by atoms with E-state index in [1.54, 1.807) is 0 Å². The van der Waals surface area contributed by atoms with Crippen LogP contribution in [0.4, 0.5) is 5.95 Å². The molecule has 2 fully saturated rings. The Morgan fingerprint density at radius 2 is 2.40 bits per heavy atom. The zero-order valence-electron chi connectivity index (χ0n) is 12.4. The van der Waals surface area contributed by atoms with E-state index in [4.69, 9.17) is 20.1 Å². The molecule has 2 aromatic heterocycles. The van der Waals surface area contributed by atoms with Gasteiger partial charge < -0.3 is 34.6 Å². The van der Waals surface area contributed by atoms with Crippen LogP contribution in [0.3, 0.4) is 0 Å². The number of nitrogen functional groups attached to an aromatic ring is 1. The Morgan fingerprint density at radius 3 is 3.12 bits per heavy atom. The molecule has 0 amide bonds. The maximum absolute atomic E-state index is 11.8. The van der Waals surface area contributed by atoms with Gasteiger partial charge in [-0.25, -0.2) is 4.98 Å². The van der Waals surface area contributed by atoms with E-state index in [2.05, 4.69) is 19.5 Å². The molecular formula is C11H13N5O8P-. The van der Waals surface area contributed by atoms with Crippen molar-refractivity contribution >= 4 is 24.9 Å². The van der Waals surface area contributed by atoms with Crippen molar-refractivity contribution in [3.8, 4) is 0 Å². The molecule has 2 saturated heterocycles. The third-order valence-electron chi connectivity index (χ3n) is 4.20. The lowest BCUT2D eigenvalue weighted by Crippen LogP contribution is -2.45. The van der Waals surface area contributed by atoms with Gasteiger partial charge in [0.15, 0.2) is 17.4 Å². The molecule has 5 N–H and O–H groups in total. The second-order valence-corrected chi connectivity index (χ2v) is 7.01. The lowest BCUT2D eigenvalue weighted by atomic mass is 10.0. The van der Waals surface area contributed by atoms with Gasteiger partial charge in [-0.05, 0) is 0 Å². The van der Waals surface area contributed by atoms with E-state index in [1.165, 1.54) is 10.9 Å². The molecule has 0 aromatic carbocycles. The number of aliphatic hydroxyl groups excluding tert-OH is 1. The number of fused-ring (bicyclic) bond motifs is 3. The van der Waals surface area contributed by atoms with Crippen LogP contribution in [0, 0.1) is 0 Å². The number of nitrogens with two attached hydrogens (primary N) is 1. The zero-order valence-corrected chi connectivity index (χ0v) is 13.3. The topological polar surface area (TPSA) is 198 Å². The van der Waals surface area contributed by atoms with E-state index in [1.807, 2.05) is 0 Å². The van der Waals surface area contributed by atoms with Gasteiger partial charge in [-0.1, -0.05) is 0 Å². The van der Waals surface area contributed by atoms with Crippen LogP contribution in [0.15, 0.2) is 11.1 Å². The number of rotatable bonds is 4. The normalized spacial score (nSPS) is 33.8. The van der Waals surface area contributed by atoms with Crippen LogP contribution in [-0.4, -0.2) is 60.5 Å². The van der Waals surface area contributed by atoms with Crippen molar-refractivity contribution in [2.45, 2.75) is 24.0 Å². The van der Waals surface area contributed by atoms with Crippen molar-refractivity contribution in [2.24, 2.45) is 0 Å². The summed E-state index contributed by atoms with van der Waals surface area (Å²) in [7, 11) is -5.00. The van der Waals surface area contributed by atoms with Crippen molar-refractivity contribution in [1.29, 1.82) is 0 Å². The fourth-order valence-corrected chi connectivity index (χ4v) is 3.44. The van der Waals surface area contributed by atoms with Gasteiger partial charge in [0.05, 0.1) is 19.5 Å². The maximum atomic E-state index is 11.8. The largest absolute Gasteiger partial charge is 0.756 e. The van der Waals surface area contributed by atoms with Crippen LogP contribution >= 0.6 is 7.82 Å². The Hall–Kier alpha value is -1.86. The molecule has 2 aliphatic heterocycles. The minimum absolute atomic E-state index is 0.0137. The highest BCUT2D eigenvalue weighted by Crippen LogP contribution is 2.47. The van der Waals surface area contributed by atoms with Gasteiger partial charge in [-0.2, -0.15) is 4.98 Å². The number of aliphatic hydroxyl groups is 1. The quantitative estimate of drug-likeness (QED) is 0.403. The van der Waals surface area contributed by atoms with Crippen LogP contribution in [0.25, 0.3) is 11.2 Å². The lowest BCUT2D eigenvalue weighted by Gasteiger charge is -2.32. The van der Waals surface area contributed by atoms with Crippen LogP contribution < -0.4 is 16.2 Å². The molecule has 2 unspecified atom stereocenters. The van der Waals surface area contributed by atoms with Crippen LogP contribution in [-0.2, 0) is 18.6 Å². The summed E-state index contributed by atoms with van der Waals surface area (Å²) in [4.78, 5) is 41.7. The fraction of sp³-hybridized carbons (Fsp3) is 0.545. The summed E-state index contributed by atoms with van der Waals surface area (Å²) < 4.78 is 27.8. The van der Waals surface area contributed by atoms with Gasteiger partial charge in [0.25, 0.3) is 13.4 Å². The molecule has 0 spiro atoms. The summed E-state index contributed by atoms with van der Waals surface area (Å²) in [6.45, 7) is -0.778. The first-order valence-electron chi connectivity index (χ1n) is 7.08. The Balaban J connectivity index is 1.70. The molecule has 4 heterocycles. The van der Waals surface area contributed by atoms with Gasteiger partial charge in [-0.15, -0.1) is 0 Å². The number of aromatic nitrogens is 4. The van der Waals surface area contributed by atoms with E-state index >= 15 is 0 Å². The van der Waals surface area contributed by atoms with E-state index in [0.29, 0.717) is 0 Å². The van der Waals surface area contributed by atoms with Crippen molar-refractivity contribution in [3.05, 3.63) is 16.7 Å². The minimum atomic E-state index is -5.00. The summed E-state index contributed by atoms with van der Waals surface area (Å²) >= 11 is 0. The first-order valence-corrected chi connectivity index (χ1v) is 8.58. The second kappa shape index (κ2) is 5.32. The number of hydrogen-bond acceptors (Lipinski definition) is 10. The van der Waals surface area contributed by atoms with Crippen molar-refractivity contribution in [3.63, 3.8) is 0 Å². The first kappa shape index (κ1) is 16.6. The molecule has 0 saturated carbocycles. The lowest BCUT2D eigenvalue weighted by molar-refractivity contribution is -0.232. The molecule has 13 nitrogen and oxygen atoms in total. The summed E-state index contributed by atoms with van der Waals surface area (Å²) in [6.07, 6.45) is -1.79.